The lowest BCUT2D eigenvalue weighted by Crippen LogP contribution is -2.36. The molecule has 0 radical (unpaired) electrons. The van der Waals surface area contributed by atoms with Crippen LogP contribution in [-0.2, 0) is 10.2 Å². The molecule has 1 heterocycles. The molecule has 1 fully saturated rings. The monoisotopic (exact) mass is 346 g/mol. The quantitative estimate of drug-likeness (QED) is 0.912. The predicted octanol–water partition coefficient (Wildman–Crippen LogP) is 3.29. The van der Waals surface area contributed by atoms with E-state index in [0.717, 1.165) is 35.7 Å². The number of rotatable bonds is 3. The van der Waals surface area contributed by atoms with Gasteiger partial charge in [0.2, 0.25) is 0 Å². The topological polar surface area (TPSA) is 49.4 Å². The minimum absolute atomic E-state index is 0.616. The summed E-state index contributed by atoms with van der Waals surface area (Å²) in [6, 6.07) is 5.53. The highest BCUT2D eigenvalue weighted by molar-refractivity contribution is 9.10. The largest absolute Gasteiger partial charge is 0.301 e. The van der Waals surface area contributed by atoms with E-state index in [1.165, 1.54) is 0 Å². The van der Waals surface area contributed by atoms with E-state index >= 15 is 0 Å². The zero-order valence-corrected chi connectivity index (χ0v) is 13.4. The van der Waals surface area contributed by atoms with Gasteiger partial charge in [0, 0.05) is 17.6 Å². The molecule has 0 aliphatic carbocycles. The first kappa shape index (κ1) is 14.8. The van der Waals surface area contributed by atoms with Crippen LogP contribution in [0.5, 0.6) is 0 Å². The molecule has 6 heteroatoms. The molecule has 0 saturated carbocycles. The highest BCUT2D eigenvalue weighted by Crippen LogP contribution is 2.22. The Morgan fingerprint density at radius 1 is 1.16 bits per heavy atom. The standard InChI is InChI=1S/C13H19BrN2O2S/c1-11-10-12(14)6-7-13(11)15-19(17,18)16-8-4-2-3-5-9-16/h6-7,10,15H,2-5,8-9H2,1H3. The molecule has 0 atom stereocenters. The first-order chi connectivity index (χ1) is 8.99. The molecule has 1 aliphatic heterocycles. The van der Waals surface area contributed by atoms with E-state index in [1.54, 1.807) is 10.4 Å². The van der Waals surface area contributed by atoms with E-state index in [0.29, 0.717) is 18.8 Å². The number of hydrogen-bond acceptors (Lipinski definition) is 2. The van der Waals surface area contributed by atoms with E-state index < -0.39 is 10.2 Å². The number of halogens is 1. The Morgan fingerprint density at radius 3 is 2.37 bits per heavy atom. The van der Waals surface area contributed by atoms with Crippen LogP contribution in [-0.4, -0.2) is 25.8 Å². The first-order valence-corrected chi connectivity index (χ1v) is 8.76. The second-order valence-corrected chi connectivity index (χ2v) is 7.47. The van der Waals surface area contributed by atoms with Gasteiger partial charge in [-0.25, -0.2) is 0 Å². The second kappa shape index (κ2) is 6.24. The Balaban J connectivity index is 2.15. The Hall–Kier alpha value is -0.590. The van der Waals surface area contributed by atoms with Crippen LogP contribution in [0.3, 0.4) is 0 Å². The summed E-state index contributed by atoms with van der Waals surface area (Å²) < 4.78 is 29.9. The molecule has 0 spiro atoms. The summed E-state index contributed by atoms with van der Waals surface area (Å²) in [7, 11) is -3.43. The van der Waals surface area contributed by atoms with Crippen LogP contribution in [0.15, 0.2) is 22.7 Å². The van der Waals surface area contributed by atoms with Crippen LogP contribution < -0.4 is 4.72 Å². The van der Waals surface area contributed by atoms with Gasteiger partial charge in [-0.1, -0.05) is 28.8 Å². The summed E-state index contributed by atoms with van der Waals surface area (Å²) in [5.74, 6) is 0. The van der Waals surface area contributed by atoms with Gasteiger partial charge in [0.15, 0.2) is 0 Å². The van der Waals surface area contributed by atoms with Crippen LogP contribution in [0.1, 0.15) is 31.2 Å². The van der Waals surface area contributed by atoms with Gasteiger partial charge in [0.05, 0.1) is 5.69 Å². The number of benzene rings is 1. The molecular weight excluding hydrogens is 328 g/mol. The highest BCUT2D eigenvalue weighted by atomic mass is 79.9. The van der Waals surface area contributed by atoms with Crippen molar-refractivity contribution in [3.63, 3.8) is 0 Å². The van der Waals surface area contributed by atoms with Crippen molar-refractivity contribution in [2.24, 2.45) is 0 Å². The van der Waals surface area contributed by atoms with Gasteiger partial charge in [0.25, 0.3) is 0 Å². The van der Waals surface area contributed by atoms with Gasteiger partial charge in [-0.15, -0.1) is 0 Å². The van der Waals surface area contributed by atoms with Crippen LogP contribution in [0, 0.1) is 6.92 Å². The van der Waals surface area contributed by atoms with Crippen LogP contribution >= 0.6 is 15.9 Å². The molecule has 1 aliphatic rings. The SMILES string of the molecule is Cc1cc(Br)ccc1NS(=O)(=O)N1CCCCCC1. The van der Waals surface area contributed by atoms with Crippen molar-refractivity contribution >= 4 is 31.8 Å². The maximum absolute atomic E-state index is 12.3. The third-order valence-corrected chi connectivity index (χ3v) is 5.35. The summed E-state index contributed by atoms with van der Waals surface area (Å²) in [4.78, 5) is 0. The third-order valence-electron chi connectivity index (χ3n) is 3.33. The summed E-state index contributed by atoms with van der Waals surface area (Å²) >= 11 is 3.38. The Bertz CT molecular complexity index is 538. The minimum Gasteiger partial charge on any atom is -0.271 e. The fourth-order valence-electron chi connectivity index (χ4n) is 2.23. The van der Waals surface area contributed by atoms with E-state index in [2.05, 4.69) is 20.7 Å². The molecule has 0 aromatic heterocycles. The van der Waals surface area contributed by atoms with Crippen molar-refractivity contribution in [2.45, 2.75) is 32.6 Å². The van der Waals surface area contributed by atoms with Gasteiger partial charge in [-0.3, -0.25) is 4.72 Å². The molecule has 4 nitrogen and oxygen atoms in total. The molecule has 19 heavy (non-hydrogen) atoms. The van der Waals surface area contributed by atoms with Crippen molar-refractivity contribution in [3.8, 4) is 0 Å². The Morgan fingerprint density at radius 2 is 1.79 bits per heavy atom. The maximum Gasteiger partial charge on any atom is 0.301 e. The number of aryl methyl sites for hydroxylation is 1. The van der Waals surface area contributed by atoms with Gasteiger partial charge < -0.3 is 0 Å². The third kappa shape index (κ3) is 3.94. The van der Waals surface area contributed by atoms with Crippen molar-refractivity contribution < 1.29 is 8.42 Å². The molecule has 0 bridgehead atoms. The summed E-state index contributed by atoms with van der Waals surface area (Å²) in [5.41, 5.74) is 1.56. The Kier molecular flexibility index (Phi) is 4.86. The fourth-order valence-corrected chi connectivity index (χ4v) is 4.08. The number of hydrogen-bond donors (Lipinski definition) is 1. The van der Waals surface area contributed by atoms with E-state index in [1.807, 2.05) is 19.1 Å². The molecular formula is C13H19BrN2O2S. The molecule has 2 rings (SSSR count). The minimum atomic E-state index is -3.43. The van der Waals surface area contributed by atoms with Gasteiger partial charge in [0.1, 0.15) is 0 Å². The zero-order chi connectivity index (χ0) is 13.9. The lowest BCUT2D eigenvalue weighted by Gasteiger charge is -2.21. The molecule has 1 N–H and O–H groups in total. The summed E-state index contributed by atoms with van der Waals surface area (Å²) in [6.07, 6.45) is 4.12. The van der Waals surface area contributed by atoms with Crippen LogP contribution in [0.2, 0.25) is 0 Å². The van der Waals surface area contributed by atoms with Crippen molar-refractivity contribution in [2.75, 3.05) is 17.8 Å². The van der Waals surface area contributed by atoms with Crippen LogP contribution in [0.25, 0.3) is 0 Å². The zero-order valence-electron chi connectivity index (χ0n) is 11.0. The van der Waals surface area contributed by atoms with Crippen molar-refractivity contribution in [1.29, 1.82) is 0 Å². The highest BCUT2D eigenvalue weighted by Gasteiger charge is 2.23. The lowest BCUT2D eigenvalue weighted by molar-refractivity contribution is 0.427. The van der Waals surface area contributed by atoms with E-state index in [9.17, 15) is 8.42 Å². The average Bonchev–Trinajstić information content (AvgIpc) is 2.62. The number of anilines is 1. The lowest BCUT2D eigenvalue weighted by atomic mass is 10.2. The smallest absolute Gasteiger partial charge is 0.271 e. The van der Waals surface area contributed by atoms with Gasteiger partial charge in [-0.05, 0) is 43.5 Å². The van der Waals surface area contributed by atoms with Gasteiger partial charge in [-0.2, -0.15) is 12.7 Å². The molecule has 1 saturated heterocycles. The average molecular weight is 347 g/mol. The van der Waals surface area contributed by atoms with Crippen LogP contribution in [0.4, 0.5) is 5.69 Å². The fraction of sp³-hybridized carbons (Fsp3) is 0.538. The van der Waals surface area contributed by atoms with Crippen molar-refractivity contribution in [1.82, 2.24) is 4.31 Å². The molecule has 0 unspecified atom stereocenters. The predicted molar refractivity (Wildman–Crippen MR) is 81.5 cm³/mol. The number of nitrogens with zero attached hydrogens (tertiary/aromatic N) is 1. The molecule has 1 aromatic rings. The van der Waals surface area contributed by atoms with Crippen molar-refractivity contribution in [3.05, 3.63) is 28.2 Å². The number of nitrogens with one attached hydrogen (secondary N) is 1. The normalized spacial score (nSPS) is 18.0. The second-order valence-electron chi connectivity index (χ2n) is 4.88. The summed E-state index contributed by atoms with van der Waals surface area (Å²) in [5, 5.41) is 0. The molecule has 1 aromatic carbocycles. The molecule has 106 valence electrons. The maximum atomic E-state index is 12.3. The first-order valence-electron chi connectivity index (χ1n) is 6.53. The van der Waals surface area contributed by atoms with E-state index in [4.69, 9.17) is 0 Å². The molecule has 0 amide bonds. The van der Waals surface area contributed by atoms with E-state index in [-0.39, 0.29) is 0 Å². The van der Waals surface area contributed by atoms with Gasteiger partial charge >= 0.3 is 10.2 Å². The Labute approximate surface area is 123 Å². The summed E-state index contributed by atoms with van der Waals surface area (Å²) in [6.45, 7) is 3.13.